The van der Waals surface area contributed by atoms with Crippen molar-refractivity contribution in [3.05, 3.63) is 54.3 Å². The Labute approximate surface area is 97.2 Å². The molecule has 84 valence electrons. The Balaban J connectivity index is 2.35. The maximum absolute atomic E-state index is 13.0. The molecular weight excluding hydrogens is 221 g/mol. The van der Waals surface area contributed by atoms with E-state index in [-0.39, 0.29) is 5.69 Å². The first kappa shape index (κ1) is 11.0. The Hall–Kier alpha value is -2.45. The molecule has 0 aromatic heterocycles. The summed E-state index contributed by atoms with van der Waals surface area (Å²) in [5.41, 5.74) is 0.115. The van der Waals surface area contributed by atoms with Crippen LogP contribution in [0.15, 0.2) is 53.5 Å². The predicted octanol–water partition coefficient (Wildman–Crippen LogP) is 3.59. The zero-order chi connectivity index (χ0) is 12.1. The Morgan fingerprint density at radius 3 is 2.59 bits per heavy atom. The van der Waals surface area contributed by atoms with Gasteiger partial charge in [0, 0.05) is 6.07 Å². The van der Waals surface area contributed by atoms with E-state index in [2.05, 4.69) is 4.99 Å². The molecule has 0 saturated carbocycles. The normalized spacial score (nSPS) is 9.47. The number of rotatable bonds is 3. The van der Waals surface area contributed by atoms with Crippen LogP contribution in [0.5, 0.6) is 11.5 Å². The third-order valence-electron chi connectivity index (χ3n) is 2.06. The fourth-order valence-electron chi connectivity index (χ4n) is 1.33. The minimum absolute atomic E-state index is 0.115. The van der Waals surface area contributed by atoms with Crippen LogP contribution in [0.4, 0.5) is 10.1 Å². The molecule has 0 aliphatic heterocycles. The zero-order valence-corrected chi connectivity index (χ0v) is 8.76. The van der Waals surface area contributed by atoms with Gasteiger partial charge in [-0.15, -0.1) is 0 Å². The molecule has 0 radical (unpaired) electrons. The number of nitrogens with zero attached hydrogens (tertiary/aromatic N) is 1. The lowest BCUT2D eigenvalue weighted by atomic mass is 10.3. The number of isocyanates is 1. The minimum Gasteiger partial charge on any atom is -0.455 e. The van der Waals surface area contributed by atoms with E-state index in [1.807, 2.05) is 18.2 Å². The van der Waals surface area contributed by atoms with Crippen molar-refractivity contribution >= 4 is 11.8 Å². The molecule has 2 aromatic rings. The lowest BCUT2D eigenvalue weighted by molar-refractivity contribution is 0.482. The Morgan fingerprint density at radius 1 is 1.12 bits per heavy atom. The van der Waals surface area contributed by atoms with Crippen LogP contribution < -0.4 is 4.74 Å². The Morgan fingerprint density at radius 2 is 1.88 bits per heavy atom. The van der Waals surface area contributed by atoms with Gasteiger partial charge in [-0.1, -0.05) is 18.2 Å². The summed E-state index contributed by atoms with van der Waals surface area (Å²) in [5.74, 6) is 0.404. The van der Waals surface area contributed by atoms with Crippen LogP contribution in [0.2, 0.25) is 0 Å². The maximum atomic E-state index is 13.0. The van der Waals surface area contributed by atoms with E-state index in [0.717, 1.165) is 6.07 Å². The van der Waals surface area contributed by atoms with Crippen LogP contribution in [0.25, 0.3) is 0 Å². The van der Waals surface area contributed by atoms with Crippen molar-refractivity contribution in [2.75, 3.05) is 0 Å². The molecule has 0 spiro atoms. The predicted molar refractivity (Wildman–Crippen MR) is 60.7 cm³/mol. The standard InChI is InChI=1S/C13H8FNO2/c14-10-6-7-13(12(8-10)15-9-16)17-11-4-2-1-3-5-11/h1-8H. The molecule has 2 rings (SSSR count). The molecule has 0 N–H and O–H groups in total. The average molecular weight is 229 g/mol. The van der Waals surface area contributed by atoms with Crippen molar-refractivity contribution in [3.8, 4) is 11.5 Å². The molecule has 0 saturated heterocycles. The summed E-state index contributed by atoms with van der Waals surface area (Å²) >= 11 is 0. The molecule has 2 aromatic carbocycles. The van der Waals surface area contributed by atoms with Crippen LogP contribution >= 0.6 is 0 Å². The Bertz CT molecular complexity index is 563. The smallest absolute Gasteiger partial charge is 0.240 e. The van der Waals surface area contributed by atoms with Gasteiger partial charge in [-0.2, -0.15) is 4.99 Å². The number of aliphatic imine (C=N–C) groups is 1. The SMILES string of the molecule is O=C=Nc1cc(F)ccc1Oc1ccccc1. The molecule has 0 unspecified atom stereocenters. The third-order valence-corrected chi connectivity index (χ3v) is 2.06. The van der Waals surface area contributed by atoms with Crippen molar-refractivity contribution in [2.24, 2.45) is 4.99 Å². The lowest BCUT2D eigenvalue weighted by Gasteiger charge is -2.07. The number of halogens is 1. The largest absolute Gasteiger partial charge is 0.455 e. The monoisotopic (exact) mass is 229 g/mol. The minimum atomic E-state index is -0.487. The quantitative estimate of drug-likeness (QED) is 0.596. The first-order valence-electron chi connectivity index (χ1n) is 4.90. The maximum Gasteiger partial charge on any atom is 0.240 e. The van der Waals surface area contributed by atoms with Crippen LogP contribution in [0.1, 0.15) is 0 Å². The molecule has 0 heterocycles. The van der Waals surface area contributed by atoms with Crippen molar-refractivity contribution in [3.63, 3.8) is 0 Å². The number of hydrogen-bond acceptors (Lipinski definition) is 3. The van der Waals surface area contributed by atoms with Crippen LogP contribution in [0.3, 0.4) is 0 Å². The number of ether oxygens (including phenoxy) is 1. The molecule has 3 nitrogen and oxygen atoms in total. The highest BCUT2D eigenvalue weighted by Crippen LogP contribution is 2.31. The summed E-state index contributed by atoms with van der Waals surface area (Å²) in [6.45, 7) is 0. The van der Waals surface area contributed by atoms with E-state index < -0.39 is 5.82 Å². The van der Waals surface area contributed by atoms with Gasteiger partial charge in [0.05, 0.1) is 0 Å². The molecule has 0 bridgehead atoms. The molecule has 0 aliphatic carbocycles. The Kier molecular flexibility index (Phi) is 3.28. The van der Waals surface area contributed by atoms with Gasteiger partial charge in [0.2, 0.25) is 6.08 Å². The van der Waals surface area contributed by atoms with E-state index >= 15 is 0 Å². The van der Waals surface area contributed by atoms with E-state index in [9.17, 15) is 9.18 Å². The first-order valence-corrected chi connectivity index (χ1v) is 4.90. The van der Waals surface area contributed by atoms with E-state index in [4.69, 9.17) is 4.74 Å². The van der Waals surface area contributed by atoms with Gasteiger partial charge in [-0.25, -0.2) is 9.18 Å². The van der Waals surface area contributed by atoms with Gasteiger partial charge >= 0.3 is 0 Å². The average Bonchev–Trinajstić information content (AvgIpc) is 2.34. The lowest BCUT2D eigenvalue weighted by Crippen LogP contribution is -1.85. The van der Waals surface area contributed by atoms with Crippen LogP contribution in [0, 0.1) is 5.82 Å². The number of para-hydroxylation sites is 1. The topological polar surface area (TPSA) is 38.7 Å². The van der Waals surface area contributed by atoms with Gasteiger partial charge in [-0.05, 0) is 24.3 Å². The molecular formula is C13H8FNO2. The molecule has 17 heavy (non-hydrogen) atoms. The second kappa shape index (κ2) is 5.05. The number of benzene rings is 2. The summed E-state index contributed by atoms with van der Waals surface area (Å²) in [4.78, 5) is 13.6. The summed E-state index contributed by atoms with van der Waals surface area (Å²) in [5, 5.41) is 0. The second-order valence-corrected chi connectivity index (χ2v) is 3.23. The van der Waals surface area contributed by atoms with Gasteiger partial charge in [-0.3, -0.25) is 0 Å². The number of hydrogen-bond donors (Lipinski definition) is 0. The van der Waals surface area contributed by atoms with Crippen LogP contribution in [-0.2, 0) is 4.79 Å². The van der Waals surface area contributed by atoms with Crippen molar-refractivity contribution in [2.45, 2.75) is 0 Å². The highest BCUT2D eigenvalue weighted by Gasteiger charge is 2.05. The summed E-state index contributed by atoms with van der Waals surface area (Å²) < 4.78 is 18.4. The highest BCUT2D eigenvalue weighted by molar-refractivity contribution is 5.58. The molecule has 0 atom stereocenters. The van der Waals surface area contributed by atoms with E-state index in [1.54, 1.807) is 12.1 Å². The van der Waals surface area contributed by atoms with E-state index in [1.165, 1.54) is 18.2 Å². The molecule has 0 aliphatic rings. The van der Waals surface area contributed by atoms with Gasteiger partial charge in [0.25, 0.3) is 0 Å². The van der Waals surface area contributed by atoms with Gasteiger partial charge in [0.15, 0.2) is 5.75 Å². The molecule has 0 fully saturated rings. The third kappa shape index (κ3) is 2.77. The van der Waals surface area contributed by atoms with Gasteiger partial charge in [0.1, 0.15) is 17.3 Å². The summed E-state index contributed by atoms with van der Waals surface area (Å²) in [6.07, 6.45) is 1.37. The first-order chi connectivity index (χ1) is 8.29. The van der Waals surface area contributed by atoms with Gasteiger partial charge < -0.3 is 4.74 Å². The summed E-state index contributed by atoms with van der Waals surface area (Å²) in [6, 6.07) is 12.7. The van der Waals surface area contributed by atoms with Crippen molar-refractivity contribution in [1.29, 1.82) is 0 Å². The van der Waals surface area contributed by atoms with Crippen molar-refractivity contribution < 1.29 is 13.9 Å². The number of carbonyl (C=O) groups excluding carboxylic acids is 1. The fraction of sp³-hybridized carbons (Fsp3) is 0. The second-order valence-electron chi connectivity index (χ2n) is 3.23. The fourth-order valence-corrected chi connectivity index (χ4v) is 1.33. The van der Waals surface area contributed by atoms with Crippen LogP contribution in [-0.4, -0.2) is 6.08 Å². The zero-order valence-electron chi connectivity index (χ0n) is 8.76. The summed E-state index contributed by atoms with van der Waals surface area (Å²) in [7, 11) is 0. The molecule has 4 heteroatoms. The van der Waals surface area contributed by atoms with Crippen molar-refractivity contribution in [1.82, 2.24) is 0 Å². The molecule has 0 amide bonds. The van der Waals surface area contributed by atoms with E-state index in [0.29, 0.717) is 11.5 Å². The highest BCUT2D eigenvalue weighted by atomic mass is 19.1.